The van der Waals surface area contributed by atoms with Crippen LogP contribution in [0, 0.1) is 6.92 Å². The Hall–Kier alpha value is -2.95. The van der Waals surface area contributed by atoms with Crippen LogP contribution in [0.1, 0.15) is 31.2 Å². The molecular formula is C21H23N3O2. The number of carbonyl (C=O) groups is 1. The van der Waals surface area contributed by atoms with Gasteiger partial charge in [0.15, 0.2) is 0 Å². The molecule has 0 unspecified atom stereocenters. The molecule has 3 rings (SSSR count). The molecule has 2 aromatic carbocycles. The highest BCUT2D eigenvalue weighted by molar-refractivity contribution is 5.90. The molecule has 5 nitrogen and oxygen atoms in total. The molecule has 1 N–H and O–H groups in total. The van der Waals surface area contributed by atoms with Crippen molar-refractivity contribution in [3.63, 3.8) is 0 Å². The minimum Gasteiger partial charge on any atom is -0.325 e. The third-order valence-electron chi connectivity index (χ3n) is 4.41. The second-order valence-corrected chi connectivity index (χ2v) is 6.42. The van der Waals surface area contributed by atoms with Gasteiger partial charge in [-0.2, -0.15) is 0 Å². The molecular weight excluding hydrogens is 326 g/mol. The Labute approximate surface area is 152 Å². The number of hydrogen-bond donors (Lipinski definition) is 1. The van der Waals surface area contributed by atoms with Gasteiger partial charge in [0.25, 0.3) is 5.56 Å². The van der Waals surface area contributed by atoms with E-state index in [9.17, 15) is 9.59 Å². The molecule has 0 fully saturated rings. The fourth-order valence-electron chi connectivity index (χ4n) is 2.94. The monoisotopic (exact) mass is 349 g/mol. The van der Waals surface area contributed by atoms with Gasteiger partial charge in [-0.15, -0.1) is 0 Å². The molecule has 5 heteroatoms. The number of anilines is 1. The summed E-state index contributed by atoms with van der Waals surface area (Å²) in [6.45, 7) is 3.85. The van der Waals surface area contributed by atoms with Crippen LogP contribution in [0.15, 0.2) is 53.3 Å². The summed E-state index contributed by atoms with van der Waals surface area (Å²) in [4.78, 5) is 29.4. The topological polar surface area (TPSA) is 64.0 Å². The second-order valence-electron chi connectivity index (χ2n) is 6.42. The van der Waals surface area contributed by atoms with E-state index in [1.165, 1.54) is 10.1 Å². The maximum absolute atomic E-state index is 12.6. The van der Waals surface area contributed by atoms with Crippen molar-refractivity contribution in [3.05, 3.63) is 70.3 Å². The predicted molar refractivity (Wildman–Crippen MR) is 104 cm³/mol. The van der Waals surface area contributed by atoms with E-state index in [0.29, 0.717) is 16.7 Å². The van der Waals surface area contributed by atoms with Gasteiger partial charge in [0, 0.05) is 5.69 Å². The first-order valence-corrected chi connectivity index (χ1v) is 8.93. The number of fused-ring (bicyclic) bond motifs is 1. The molecule has 3 aromatic rings. The van der Waals surface area contributed by atoms with Crippen LogP contribution in [-0.4, -0.2) is 15.5 Å². The molecule has 1 aromatic heterocycles. The third-order valence-corrected chi connectivity index (χ3v) is 4.41. The molecule has 0 radical (unpaired) electrons. The Morgan fingerprint density at radius 2 is 1.85 bits per heavy atom. The van der Waals surface area contributed by atoms with Crippen molar-refractivity contribution in [2.45, 2.75) is 39.7 Å². The standard InChI is InChI=1S/C21H23N3O2/c1-3-4-7-16-10-12-17(13-11-16)23-20(25)14-24-15(2)22-19-9-6-5-8-18(19)21(24)26/h5-6,8-13H,3-4,7,14H2,1-2H3,(H,23,25). The minimum absolute atomic E-state index is 0.0555. The Kier molecular flexibility index (Phi) is 5.46. The van der Waals surface area contributed by atoms with Crippen molar-refractivity contribution in [2.24, 2.45) is 0 Å². The highest BCUT2D eigenvalue weighted by Gasteiger charge is 2.11. The second kappa shape index (κ2) is 7.95. The summed E-state index contributed by atoms with van der Waals surface area (Å²) in [5, 5.41) is 3.37. The highest BCUT2D eigenvalue weighted by Crippen LogP contribution is 2.12. The molecule has 0 aliphatic carbocycles. The van der Waals surface area contributed by atoms with Crippen LogP contribution in [0.25, 0.3) is 10.9 Å². The van der Waals surface area contributed by atoms with E-state index in [0.717, 1.165) is 24.9 Å². The fourth-order valence-corrected chi connectivity index (χ4v) is 2.94. The predicted octanol–water partition coefficient (Wildman–Crippen LogP) is 3.69. The zero-order valence-electron chi connectivity index (χ0n) is 15.2. The average Bonchev–Trinajstić information content (AvgIpc) is 2.64. The van der Waals surface area contributed by atoms with Crippen molar-refractivity contribution in [3.8, 4) is 0 Å². The molecule has 1 heterocycles. The largest absolute Gasteiger partial charge is 0.325 e. The van der Waals surface area contributed by atoms with E-state index in [4.69, 9.17) is 0 Å². The van der Waals surface area contributed by atoms with Crippen molar-refractivity contribution >= 4 is 22.5 Å². The maximum atomic E-state index is 12.6. The zero-order valence-corrected chi connectivity index (χ0v) is 15.2. The molecule has 26 heavy (non-hydrogen) atoms. The molecule has 0 saturated carbocycles. The van der Waals surface area contributed by atoms with Gasteiger partial charge < -0.3 is 5.32 Å². The number of hydrogen-bond acceptors (Lipinski definition) is 3. The highest BCUT2D eigenvalue weighted by atomic mass is 16.2. The van der Waals surface area contributed by atoms with Gasteiger partial charge in [-0.25, -0.2) is 4.98 Å². The SMILES string of the molecule is CCCCc1ccc(NC(=O)Cn2c(C)nc3ccccc3c2=O)cc1. The van der Waals surface area contributed by atoms with Crippen molar-refractivity contribution in [1.82, 2.24) is 9.55 Å². The van der Waals surface area contributed by atoms with E-state index >= 15 is 0 Å². The number of nitrogens with zero attached hydrogens (tertiary/aromatic N) is 2. The fraction of sp³-hybridized carbons (Fsp3) is 0.286. The first-order valence-electron chi connectivity index (χ1n) is 8.93. The third kappa shape index (κ3) is 3.99. The number of para-hydroxylation sites is 1. The smallest absolute Gasteiger partial charge is 0.261 e. The summed E-state index contributed by atoms with van der Waals surface area (Å²) in [5.41, 5.74) is 2.44. The first-order chi connectivity index (χ1) is 12.6. The van der Waals surface area contributed by atoms with Gasteiger partial charge in [0.05, 0.1) is 10.9 Å². The Bertz CT molecular complexity index is 975. The summed E-state index contributed by atoms with van der Waals surface area (Å²) in [6.07, 6.45) is 3.36. The van der Waals surface area contributed by atoms with Crippen molar-refractivity contribution in [1.29, 1.82) is 0 Å². The summed E-state index contributed by atoms with van der Waals surface area (Å²) < 4.78 is 1.41. The lowest BCUT2D eigenvalue weighted by Crippen LogP contribution is -2.30. The van der Waals surface area contributed by atoms with Gasteiger partial charge in [0.2, 0.25) is 5.91 Å². The lowest BCUT2D eigenvalue weighted by Gasteiger charge is -2.11. The first kappa shape index (κ1) is 17.9. The maximum Gasteiger partial charge on any atom is 0.261 e. The van der Waals surface area contributed by atoms with Crippen LogP contribution in [0.4, 0.5) is 5.69 Å². The summed E-state index contributed by atoms with van der Waals surface area (Å²) in [5.74, 6) is 0.285. The van der Waals surface area contributed by atoms with E-state index < -0.39 is 0 Å². The Morgan fingerprint density at radius 1 is 1.12 bits per heavy atom. The van der Waals surface area contributed by atoms with E-state index in [-0.39, 0.29) is 18.0 Å². The minimum atomic E-state index is -0.242. The van der Waals surface area contributed by atoms with Crippen LogP contribution < -0.4 is 10.9 Å². The van der Waals surface area contributed by atoms with Crippen molar-refractivity contribution < 1.29 is 4.79 Å². The number of amides is 1. The number of aryl methyl sites for hydroxylation is 2. The molecule has 0 saturated heterocycles. The van der Waals surface area contributed by atoms with Crippen LogP contribution in [0.5, 0.6) is 0 Å². The lowest BCUT2D eigenvalue weighted by molar-refractivity contribution is -0.116. The molecule has 0 aliphatic heterocycles. The van der Waals surface area contributed by atoms with E-state index in [2.05, 4.69) is 17.2 Å². The Balaban J connectivity index is 1.74. The lowest BCUT2D eigenvalue weighted by atomic mass is 10.1. The molecule has 0 atom stereocenters. The van der Waals surface area contributed by atoms with Crippen LogP contribution >= 0.6 is 0 Å². The average molecular weight is 349 g/mol. The van der Waals surface area contributed by atoms with Gasteiger partial charge >= 0.3 is 0 Å². The van der Waals surface area contributed by atoms with E-state index in [1.807, 2.05) is 30.3 Å². The number of rotatable bonds is 6. The van der Waals surface area contributed by atoms with Gasteiger partial charge in [-0.1, -0.05) is 37.6 Å². The summed E-state index contributed by atoms with van der Waals surface area (Å²) in [7, 11) is 0. The molecule has 0 aliphatic rings. The quantitative estimate of drug-likeness (QED) is 0.738. The molecule has 0 spiro atoms. The van der Waals surface area contributed by atoms with Gasteiger partial charge in [0.1, 0.15) is 12.4 Å². The number of aromatic nitrogens is 2. The number of carbonyl (C=O) groups excluding carboxylic acids is 1. The van der Waals surface area contributed by atoms with Crippen LogP contribution in [0.2, 0.25) is 0 Å². The van der Waals surface area contributed by atoms with Gasteiger partial charge in [-0.05, 0) is 49.6 Å². The molecule has 1 amide bonds. The normalized spacial score (nSPS) is 10.8. The van der Waals surface area contributed by atoms with Gasteiger partial charge in [-0.3, -0.25) is 14.2 Å². The van der Waals surface area contributed by atoms with Crippen LogP contribution in [0.3, 0.4) is 0 Å². The number of unbranched alkanes of at least 4 members (excludes halogenated alkanes) is 1. The summed E-state index contributed by atoms with van der Waals surface area (Å²) >= 11 is 0. The summed E-state index contributed by atoms with van der Waals surface area (Å²) in [6, 6.07) is 15.0. The number of benzene rings is 2. The van der Waals surface area contributed by atoms with Crippen molar-refractivity contribution in [2.75, 3.05) is 5.32 Å². The molecule has 134 valence electrons. The number of nitrogens with one attached hydrogen (secondary N) is 1. The van der Waals surface area contributed by atoms with Crippen LogP contribution in [-0.2, 0) is 17.8 Å². The molecule has 0 bridgehead atoms. The Morgan fingerprint density at radius 3 is 2.58 bits per heavy atom. The van der Waals surface area contributed by atoms with E-state index in [1.54, 1.807) is 25.1 Å². The zero-order chi connectivity index (χ0) is 18.5.